The highest BCUT2D eigenvalue weighted by Gasteiger charge is 2.19. The Balaban J connectivity index is 2.05. The van der Waals surface area contributed by atoms with Crippen molar-refractivity contribution >= 4 is 29.4 Å². The van der Waals surface area contributed by atoms with Gasteiger partial charge in [0.2, 0.25) is 0 Å². The second-order valence-electron chi connectivity index (χ2n) is 4.64. The van der Waals surface area contributed by atoms with E-state index in [2.05, 4.69) is 11.2 Å². The Hall–Kier alpha value is -2.92. The molecular weight excluding hydrogens is 353 g/mol. The molecule has 0 saturated heterocycles. The molecule has 0 aromatic heterocycles. The maximum absolute atomic E-state index is 13.9. The Bertz CT molecular complexity index is 845. The first kappa shape index (κ1) is 18.4. The van der Waals surface area contributed by atoms with Gasteiger partial charge in [0.15, 0.2) is 0 Å². The summed E-state index contributed by atoms with van der Waals surface area (Å²) in [6.07, 6.45) is 5.11. The maximum atomic E-state index is 13.9. The highest BCUT2D eigenvalue weighted by atomic mass is 32.2. The molecule has 0 unspecified atom stereocenters. The lowest BCUT2D eigenvalue weighted by Gasteiger charge is -2.09. The van der Waals surface area contributed by atoms with Crippen molar-refractivity contribution in [3.05, 3.63) is 59.4 Å². The van der Waals surface area contributed by atoms with E-state index in [0.29, 0.717) is 10.6 Å². The minimum absolute atomic E-state index is 0.204. The van der Waals surface area contributed by atoms with Gasteiger partial charge in [0.05, 0.1) is 11.4 Å². The van der Waals surface area contributed by atoms with Crippen molar-refractivity contribution in [2.24, 2.45) is 0 Å². The fraction of sp³-hybridized carbons (Fsp3) is 0.0588. The highest BCUT2D eigenvalue weighted by Crippen LogP contribution is 2.23. The minimum atomic E-state index is -1.28. The standard InChI is InChI=1S/C17H11F3N2O2S/c1-2-8-25-10-6-7-14(13(20)9-10)21-17(24)22-16(23)15-11(18)4-3-5-12(15)19/h1,3-7,9H,8H2,(H2,21,22,23,24). The lowest BCUT2D eigenvalue weighted by Crippen LogP contribution is -2.35. The number of terminal acetylenes is 1. The van der Waals surface area contributed by atoms with Crippen molar-refractivity contribution in [2.75, 3.05) is 11.1 Å². The summed E-state index contributed by atoms with van der Waals surface area (Å²) in [6, 6.07) is 5.67. The van der Waals surface area contributed by atoms with E-state index in [0.717, 1.165) is 24.3 Å². The fourth-order valence-corrected chi connectivity index (χ4v) is 2.45. The minimum Gasteiger partial charge on any atom is -0.305 e. The summed E-state index contributed by atoms with van der Waals surface area (Å²) in [5.74, 6) is -1.52. The van der Waals surface area contributed by atoms with Crippen LogP contribution in [0, 0.1) is 29.8 Å². The third-order valence-electron chi connectivity index (χ3n) is 2.93. The van der Waals surface area contributed by atoms with Gasteiger partial charge in [-0.3, -0.25) is 10.1 Å². The van der Waals surface area contributed by atoms with Crippen LogP contribution in [0.5, 0.6) is 0 Å². The SMILES string of the molecule is C#CCSc1ccc(NC(=O)NC(=O)c2c(F)cccc2F)c(F)c1. The van der Waals surface area contributed by atoms with Gasteiger partial charge < -0.3 is 5.32 Å². The van der Waals surface area contributed by atoms with Crippen molar-refractivity contribution in [3.8, 4) is 12.3 Å². The van der Waals surface area contributed by atoms with Crippen molar-refractivity contribution in [2.45, 2.75) is 4.90 Å². The summed E-state index contributed by atoms with van der Waals surface area (Å²) in [7, 11) is 0. The van der Waals surface area contributed by atoms with E-state index < -0.39 is 35.0 Å². The average Bonchev–Trinajstić information content (AvgIpc) is 2.55. The average molecular weight is 364 g/mol. The molecule has 2 aromatic carbocycles. The Morgan fingerprint density at radius 1 is 1.08 bits per heavy atom. The molecule has 25 heavy (non-hydrogen) atoms. The highest BCUT2D eigenvalue weighted by molar-refractivity contribution is 7.99. The Labute approximate surface area is 145 Å². The zero-order valence-electron chi connectivity index (χ0n) is 12.6. The molecule has 3 amide bonds. The van der Waals surface area contributed by atoms with Crippen LogP contribution in [0.25, 0.3) is 0 Å². The van der Waals surface area contributed by atoms with Gasteiger partial charge >= 0.3 is 6.03 Å². The molecule has 0 aliphatic heterocycles. The fourth-order valence-electron chi connectivity index (χ4n) is 1.85. The number of carbonyl (C=O) groups is 2. The number of amides is 3. The molecule has 128 valence electrons. The Morgan fingerprint density at radius 3 is 2.36 bits per heavy atom. The number of hydrogen-bond acceptors (Lipinski definition) is 3. The summed E-state index contributed by atoms with van der Waals surface area (Å²) >= 11 is 1.23. The summed E-state index contributed by atoms with van der Waals surface area (Å²) in [4.78, 5) is 24.1. The number of carbonyl (C=O) groups excluding carboxylic acids is 2. The molecule has 0 aliphatic rings. The molecular formula is C17H11F3N2O2S. The van der Waals surface area contributed by atoms with Crippen LogP contribution in [0.1, 0.15) is 10.4 Å². The molecule has 2 rings (SSSR count). The molecule has 0 atom stereocenters. The molecule has 0 spiro atoms. The van der Waals surface area contributed by atoms with Crippen LogP contribution >= 0.6 is 11.8 Å². The van der Waals surface area contributed by atoms with Crippen LogP contribution in [0.4, 0.5) is 23.7 Å². The summed E-state index contributed by atoms with van der Waals surface area (Å²) < 4.78 is 40.9. The van der Waals surface area contributed by atoms with E-state index in [4.69, 9.17) is 6.42 Å². The van der Waals surface area contributed by atoms with E-state index in [-0.39, 0.29) is 5.69 Å². The Kier molecular flexibility index (Phi) is 6.08. The zero-order chi connectivity index (χ0) is 18.4. The van der Waals surface area contributed by atoms with Gasteiger partial charge in [-0.2, -0.15) is 0 Å². The van der Waals surface area contributed by atoms with Gasteiger partial charge in [0.1, 0.15) is 23.0 Å². The summed E-state index contributed by atoms with van der Waals surface area (Å²) in [6.45, 7) is 0. The number of rotatable bonds is 4. The van der Waals surface area contributed by atoms with Crippen LogP contribution in [-0.4, -0.2) is 17.7 Å². The second-order valence-corrected chi connectivity index (χ2v) is 5.69. The second kappa shape index (κ2) is 8.26. The normalized spacial score (nSPS) is 10.0. The van der Waals surface area contributed by atoms with Crippen LogP contribution < -0.4 is 10.6 Å². The maximum Gasteiger partial charge on any atom is 0.326 e. The molecule has 4 nitrogen and oxygen atoms in total. The van der Waals surface area contributed by atoms with Crippen LogP contribution in [0.3, 0.4) is 0 Å². The topological polar surface area (TPSA) is 58.2 Å². The van der Waals surface area contributed by atoms with Crippen molar-refractivity contribution in [3.63, 3.8) is 0 Å². The smallest absolute Gasteiger partial charge is 0.305 e. The number of anilines is 1. The molecule has 0 heterocycles. The van der Waals surface area contributed by atoms with E-state index in [9.17, 15) is 22.8 Å². The molecule has 0 aliphatic carbocycles. The number of hydrogen-bond donors (Lipinski definition) is 2. The molecule has 0 saturated carbocycles. The van der Waals surface area contributed by atoms with Gasteiger partial charge in [-0.1, -0.05) is 12.0 Å². The Morgan fingerprint density at radius 2 is 1.76 bits per heavy atom. The van der Waals surface area contributed by atoms with E-state index >= 15 is 0 Å². The first-order valence-electron chi connectivity index (χ1n) is 6.84. The van der Waals surface area contributed by atoms with E-state index in [1.165, 1.54) is 23.9 Å². The number of thioether (sulfide) groups is 1. The molecule has 8 heteroatoms. The van der Waals surface area contributed by atoms with Gasteiger partial charge in [-0.15, -0.1) is 18.2 Å². The lowest BCUT2D eigenvalue weighted by atomic mass is 10.2. The molecule has 0 bridgehead atoms. The molecule has 0 radical (unpaired) electrons. The predicted molar refractivity (Wildman–Crippen MR) is 88.8 cm³/mol. The van der Waals surface area contributed by atoms with Crippen molar-refractivity contribution in [1.82, 2.24) is 5.32 Å². The first-order valence-corrected chi connectivity index (χ1v) is 7.83. The molecule has 2 N–H and O–H groups in total. The number of imide groups is 1. The van der Waals surface area contributed by atoms with Gasteiger partial charge in [-0.05, 0) is 30.3 Å². The van der Waals surface area contributed by atoms with Gasteiger partial charge in [-0.25, -0.2) is 18.0 Å². The number of urea groups is 1. The predicted octanol–water partition coefficient (Wildman–Crippen LogP) is 3.79. The zero-order valence-corrected chi connectivity index (χ0v) is 13.4. The van der Waals surface area contributed by atoms with Gasteiger partial charge in [0.25, 0.3) is 5.91 Å². The number of halogens is 3. The van der Waals surface area contributed by atoms with Gasteiger partial charge in [0, 0.05) is 4.90 Å². The quantitative estimate of drug-likeness (QED) is 0.641. The summed E-state index contributed by atoms with van der Waals surface area (Å²) in [5, 5.41) is 3.83. The van der Waals surface area contributed by atoms with Crippen LogP contribution in [0.2, 0.25) is 0 Å². The monoisotopic (exact) mass is 364 g/mol. The molecule has 2 aromatic rings. The number of nitrogens with one attached hydrogen (secondary N) is 2. The first-order chi connectivity index (χ1) is 11.9. The number of benzene rings is 2. The summed E-state index contributed by atoms with van der Waals surface area (Å²) in [5.41, 5.74) is -1.11. The third kappa shape index (κ3) is 4.78. The molecule has 0 fully saturated rings. The van der Waals surface area contributed by atoms with E-state index in [1.807, 2.05) is 0 Å². The van der Waals surface area contributed by atoms with Crippen LogP contribution in [-0.2, 0) is 0 Å². The largest absolute Gasteiger partial charge is 0.326 e. The third-order valence-corrected chi connectivity index (χ3v) is 3.83. The van der Waals surface area contributed by atoms with Crippen molar-refractivity contribution < 1.29 is 22.8 Å². The van der Waals surface area contributed by atoms with Crippen molar-refractivity contribution in [1.29, 1.82) is 0 Å². The van der Waals surface area contributed by atoms with Crippen LogP contribution in [0.15, 0.2) is 41.3 Å². The lowest BCUT2D eigenvalue weighted by molar-refractivity contribution is 0.0959. The van der Waals surface area contributed by atoms with E-state index in [1.54, 1.807) is 5.32 Å².